The Labute approximate surface area is 806 Å². The molecule has 0 saturated carbocycles. The van der Waals surface area contributed by atoms with Gasteiger partial charge in [-0.3, -0.25) is 61.7 Å². The molecule has 0 bridgehead atoms. The molecule has 0 aliphatic carbocycles. The molecule has 142 heavy (non-hydrogen) atoms. The third kappa shape index (κ3) is 18.5. The molecule has 71 heteroatoms. The molecule has 55 nitrogen and oxygen atoms in total. The molecule has 9 fully saturated rings. The molecule has 12 aliphatic rings. The Kier molecular flexibility index (Phi) is 26.3. The van der Waals surface area contributed by atoms with Gasteiger partial charge in [-0.05, 0) is 42.8 Å². The summed E-state index contributed by atoms with van der Waals surface area (Å²) in [6.45, 7) is -6.62. The van der Waals surface area contributed by atoms with Gasteiger partial charge < -0.3 is 115 Å². The van der Waals surface area contributed by atoms with Gasteiger partial charge in [0.05, 0.1) is 116 Å². The van der Waals surface area contributed by atoms with Crippen LogP contribution in [0.1, 0.15) is 60.9 Å². The van der Waals surface area contributed by atoms with E-state index < -0.39 is 231 Å². The third-order valence-electron chi connectivity index (χ3n) is 24.9. The quantitative estimate of drug-likeness (QED) is 0.0637. The molecule has 742 valence electrons. The monoisotopic (exact) mass is 2100 g/mol. The van der Waals surface area contributed by atoms with Crippen LogP contribution in [0.4, 0.5) is 52.1 Å². The summed E-state index contributed by atoms with van der Waals surface area (Å²) in [5.41, 5.74) is 29.5. The Balaban J connectivity index is 0.000000122. The lowest BCUT2D eigenvalue weighted by Crippen LogP contribution is -2.39. The van der Waals surface area contributed by atoms with Gasteiger partial charge >= 0.3 is 6.72 Å². The van der Waals surface area contributed by atoms with Crippen LogP contribution in [0.2, 0.25) is 0 Å². The van der Waals surface area contributed by atoms with E-state index in [1.54, 1.807) is 30.6 Å². The maximum Gasteiger partial charge on any atom is 0.325 e. The maximum absolute atomic E-state index is 16.3. The summed E-state index contributed by atoms with van der Waals surface area (Å²) >= 11 is 5.22. The molecule has 24 heterocycles. The van der Waals surface area contributed by atoms with Crippen molar-refractivity contribution in [2.45, 2.75) is 173 Å². The maximum atomic E-state index is 16.3. The number of imidazole rings is 3. The van der Waals surface area contributed by atoms with Crippen molar-refractivity contribution in [1.29, 1.82) is 0 Å². The number of fused-ring (bicyclic) bond motifs is 9. The van der Waals surface area contributed by atoms with Gasteiger partial charge in [0.2, 0.25) is 37.8 Å². The highest BCUT2D eigenvalue weighted by atomic mass is 32.5. The van der Waals surface area contributed by atoms with Crippen molar-refractivity contribution in [3.63, 3.8) is 0 Å². The zero-order valence-electron chi connectivity index (χ0n) is 73.1. The lowest BCUT2D eigenvalue weighted by molar-refractivity contribution is -0.0642. The number of pyridine rings is 3. The molecule has 11 N–H and O–H groups in total. The Morgan fingerprint density at radius 1 is 0.415 bits per heavy atom. The number of nitrogens with two attached hydrogens (primary N) is 3. The van der Waals surface area contributed by atoms with E-state index >= 15 is 17.6 Å². The van der Waals surface area contributed by atoms with Gasteiger partial charge in [-0.15, -0.1) is 0 Å². The van der Waals surface area contributed by atoms with Crippen molar-refractivity contribution < 1.29 is 148 Å². The summed E-state index contributed by atoms with van der Waals surface area (Å²) in [7, 11) is 8.52. The number of hydrogen-bond donors (Lipinski definition) is 8. The zero-order chi connectivity index (χ0) is 98.7. The second kappa shape index (κ2) is 38.2. The smallest absolute Gasteiger partial charge is 0.325 e. The normalized spacial score (nSPS) is 37.7. The van der Waals surface area contributed by atoms with E-state index in [0.717, 1.165) is 30.4 Å². The number of aliphatic hydroxyl groups is 1. The number of rotatable bonds is 7. The lowest BCUT2D eigenvalue weighted by Gasteiger charge is -2.30. The molecule has 9 saturated heterocycles. The number of anilines is 6. The van der Waals surface area contributed by atoms with E-state index in [0.29, 0.717) is 88.6 Å². The van der Waals surface area contributed by atoms with Crippen LogP contribution in [0.5, 0.6) is 0 Å². The summed E-state index contributed by atoms with van der Waals surface area (Å²) in [6.07, 6.45) is -21.7. The molecule has 24 rings (SSSR count). The molecule has 10 radical (unpaired) electrons. The van der Waals surface area contributed by atoms with Crippen LogP contribution in [0, 0.1) is 0 Å². The van der Waals surface area contributed by atoms with Crippen molar-refractivity contribution >= 4 is 195 Å². The minimum absolute atomic E-state index is 0.0504. The lowest BCUT2D eigenvalue weighted by atomic mass is 10.1. The second-order valence-electron chi connectivity index (χ2n) is 33.7. The number of halogens is 4. The van der Waals surface area contributed by atoms with Crippen LogP contribution in [-0.4, -0.2) is 327 Å². The number of nitrogen functional groups attached to an aromatic ring is 3. The highest BCUT2D eigenvalue weighted by molar-refractivity contribution is 8.07. The summed E-state index contributed by atoms with van der Waals surface area (Å²) in [5.74, 6) is 0.168. The fourth-order valence-electron chi connectivity index (χ4n) is 18.5. The zero-order valence-corrected chi connectivity index (χ0v) is 79.3. The second-order valence-corrected chi connectivity index (χ2v) is 44.3. The van der Waals surface area contributed by atoms with E-state index in [1.165, 1.54) is 72.7 Å². The summed E-state index contributed by atoms with van der Waals surface area (Å²) < 4.78 is 248. The Morgan fingerprint density at radius 3 is 1.18 bits per heavy atom. The third-order valence-corrected chi connectivity index (χ3v) is 31.7. The average molecular weight is 2100 g/mol. The molecule has 12 aromatic heterocycles. The molecule has 12 aromatic rings. The first-order valence-electron chi connectivity index (χ1n) is 43.3. The molecule has 30 atom stereocenters. The van der Waals surface area contributed by atoms with E-state index in [9.17, 15) is 32.8 Å². The topological polar surface area (TPSA) is 657 Å². The predicted molar refractivity (Wildman–Crippen MR) is 483 cm³/mol. The minimum Gasteiger partial charge on any atom is -0.385 e. The number of alkyl halides is 4. The van der Waals surface area contributed by atoms with Gasteiger partial charge in [0.15, 0.2) is 113 Å². The van der Waals surface area contributed by atoms with Gasteiger partial charge in [-0.2, -0.15) is 15.3 Å². The highest BCUT2D eigenvalue weighted by Crippen LogP contribution is 2.60. The summed E-state index contributed by atoms with van der Waals surface area (Å²) in [4.78, 5) is 71.4. The van der Waals surface area contributed by atoms with Gasteiger partial charge in [0, 0.05) is 50.8 Å². The minimum atomic E-state index is -4.57. The van der Waals surface area contributed by atoms with Crippen LogP contribution < -0.4 is 33.5 Å². The van der Waals surface area contributed by atoms with Crippen LogP contribution in [-0.2, 0) is 151 Å². The van der Waals surface area contributed by atoms with Gasteiger partial charge in [0.1, 0.15) is 121 Å². The van der Waals surface area contributed by atoms with E-state index in [1.807, 2.05) is 0 Å². The summed E-state index contributed by atoms with van der Waals surface area (Å²) in [6, 6.07) is 5.24. The fraction of sp³-hybridized carbons (Fsp3) is 0.535. The first-order valence-corrected chi connectivity index (χ1v) is 54.0. The van der Waals surface area contributed by atoms with Crippen LogP contribution in [0.3, 0.4) is 0 Å². The van der Waals surface area contributed by atoms with Crippen molar-refractivity contribution in [2.24, 2.45) is 0 Å². The largest absolute Gasteiger partial charge is 0.385 e. The van der Waals surface area contributed by atoms with Crippen molar-refractivity contribution in [3.8, 4) is 0 Å². The molecule has 0 amide bonds. The Hall–Kier alpha value is -8.77. The number of hydrogen-bond acceptors (Lipinski definition) is 49. The molecule has 0 spiro atoms. The van der Waals surface area contributed by atoms with Gasteiger partial charge in [-0.25, -0.2) is 91.4 Å². The number of aromatic nitrogens is 21. The van der Waals surface area contributed by atoms with Crippen molar-refractivity contribution in [2.75, 3.05) is 100.0 Å². The molecular formula is C71H76B5F4N27O28P6S. The van der Waals surface area contributed by atoms with Gasteiger partial charge in [-0.1, -0.05) is 0 Å². The molecular weight excluding hydrogens is 2030 g/mol. The Morgan fingerprint density at radius 2 is 0.746 bits per heavy atom. The van der Waals surface area contributed by atoms with Crippen molar-refractivity contribution in [3.05, 3.63) is 91.8 Å². The van der Waals surface area contributed by atoms with Gasteiger partial charge in [0.25, 0.3) is 37.4 Å². The average Bonchev–Trinajstić information content (AvgIpc) is 1.59. The SMILES string of the molecule is [B]P1(=O)OC[C@H]2O[C@@H](n3cnc4c(N)ncnc43)C(F)[C@H]2OP([B])(=O)OC[C@H]2O[C@@H](n3nc4c5c(ccnc53)NOCC4)[C@@H](O)C2O1.[B]P1(=O)OC[C@H]2O[C@@H](n3cnc4c(N)ncnc43)C(F)[C@H]2OP([B])(=O)OC[C@H]2O[C@@H](n3nc4c5c(ccnc53)NOCC4)[C@@H](OC)C2O1.[B]P1(=O)OC[C@H]2O[C@@H](n3nc4c5c(ccnc53)NCCC4)[C@@H](F)C2OP(O)(=S)OC[C@H]2O[C@@H](n3cnc4c(N)ncnc43)C(F)[C@H]2O1. The molecule has 12 aliphatic heterocycles. The number of aliphatic hydroxyl groups excluding tert-OH is 1. The highest BCUT2D eigenvalue weighted by Gasteiger charge is 2.60. The van der Waals surface area contributed by atoms with E-state index in [2.05, 4.69) is 86.3 Å². The van der Waals surface area contributed by atoms with Crippen LogP contribution >= 0.6 is 44.1 Å². The van der Waals surface area contributed by atoms with Crippen LogP contribution in [0.15, 0.2) is 74.8 Å². The molecule has 0 aromatic carbocycles. The fourth-order valence-corrected chi connectivity index (χ4v) is 25.0. The first kappa shape index (κ1) is 97.9. The first-order chi connectivity index (χ1) is 68.0. The van der Waals surface area contributed by atoms with E-state index in [4.69, 9.17) is 169 Å². The van der Waals surface area contributed by atoms with Crippen LogP contribution in [0.25, 0.3) is 66.6 Å². The number of aryl methyl sites for hydroxylation is 1. The number of nitrogens with zero attached hydrogens (tertiary/aromatic N) is 21. The number of ether oxygens (including phenoxy) is 7. The number of methoxy groups -OCH3 is 1. The predicted octanol–water partition coefficient (Wildman–Crippen LogP) is 3.88. The van der Waals surface area contributed by atoms with Crippen molar-refractivity contribution in [1.82, 2.24) is 103 Å². The van der Waals surface area contributed by atoms with E-state index in [-0.39, 0.29) is 50.9 Å². The summed E-state index contributed by atoms with van der Waals surface area (Å²) in [5, 5.41) is 30.7. The number of nitrogens with one attached hydrogen (secondary N) is 3. The standard InChI is InChI=1S/C24H26B2FN9O10P2.C24H26BF2N9O8P2S.C23H24B2FN9O10P2/c1-39-19-18-13(44-24(19)36-21-14-10(33-36)3-5-40-34-11(14)2-4-29-21)7-42-47(25,37)45-17-12(6-41-48(26,38)46-18)43-23(15(17)27)35-9-32-16-20(28)30-8-31-22(16)35;25-45(37)39-6-12-19(16(27)24(42-12)36-21-14-10(3-5-30-21)29-4-1-2-11(14)34-36)44-46(38,47)40-7-13-18(43-45)15(26)23(41-13)35-9-33-17-20(28)31-8-32-22(17)35;24-46(37)41-6-12-18(16(36)23(43-12)35-20-13-9(32-35)2-4-39-33-10(13)1-3-28-20)45-47(25,38)40-5-11-17(44-46)14(26)22(42-11)34-8-31-15-19(27)29-7-30-21(15)34/h2,4,8-9,12-13,15,17-19,23-24,34H,3,5-7H2,1H3,(H2,28,30,31);3,5,8-9,12-13,15-16,18-19,23-24,29H,1-2,4,6-7H2,(H,38,47)(H2,28,31,32);1,3,7-8,11-12,14,16-18,22-23,33,36H,2,4-6H2,(H2,27,29,30)/t12-,13-,15?,17+,18?,19+,23-,24-,47?,48?;12-,13-,15?,16+,18+,19?,23-,24-,45?,46?;11-,12-,14?,16+,17+,18?,22-,23-,46?,47?/m111/s1. The molecule has 12 unspecified atom stereocenters. The Bertz CT molecular complexity index is 6930.